The second kappa shape index (κ2) is 23.7. The highest BCUT2D eigenvalue weighted by atomic mass is 32.1. The van der Waals surface area contributed by atoms with E-state index in [1.165, 1.54) is 23.5 Å². The number of amides is 4. The maximum atomic E-state index is 14.8. The van der Waals surface area contributed by atoms with Crippen molar-refractivity contribution in [2.45, 2.75) is 150 Å². The lowest BCUT2D eigenvalue weighted by Gasteiger charge is -2.39. The number of thiazole rings is 1. The zero-order valence-electron chi connectivity index (χ0n) is 37.7. The standard InChI is InChI=1S/C46H67N5O10S/c1-9-13-42(56)60-27-50(45(58)35(29(5)10-2)25-39(53)37-14-11-12-21-49(37)8)38(28(3)4)23-30(6)44-48-36(26-62-44)43(57)47-33(24-32-15-17-34(52)18-16-32)22-31(7)46(59)61-51-40(54)19-20-41(51)55/h15-18,26,28-31,33,35,37-38,52H,9-14,19-25,27H2,1-8H3,(H,47,57)/t29?,30-,31+,33-,35+,37-,38-/m0/s1. The lowest BCUT2D eigenvalue weighted by molar-refractivity contribution is -0.200. The number of esters is 1. The third-order valence-electron chi connectivity index (χ3n) is 12.2. The van der Waals surface area contributed by atoms with Crippen molar-refractivity contribution in [2.24, 2.45) is 23.7 Å². The molecule has 2 saturated heterocycles. The van der Waals surface area contributed by atoms with Crippen molar-refractivity contribution >= 4 is 52.7 Å². The largest absolute Gasteiger partial charge is 0.508 e. The number of ketones is 1. The van der Waals surface area contributed by atoms with Gasteiger partial charge in [-0.05, 0) is 81.6 Å². The van der Waals surface area contributed by atoms with Crippen LogP contribution in [-0.2, 0) is 44.8 Å². The number of likely N-dealkylation sites (N-methyl/N-ethyl adjacent to an activating group) is 1. The highest BCUT2D eigenvalue weighted by Crippen LogP contribution is 2.33. The quantitative estimate of drug-likeness (QED) is 0.0694. The molecule has 2 fully saturated rings. The summed E-state index contributed by atoms with van der Waals surface area (Å²) in [6, 6.07) is 5.25. The van der Waals surface area contributed by atoms with E-state index in [9.17, 15) is 38.7 Å². The Balaban J connectivity index is 1.53. The average molecular weight is 882 g/mol. The summed E-state index contributed by atoms with van der Waals surface area (Å²) < 4.78 is 5.72. The number of phenols is 1. The van der Waals surface area contributed by atoms with Gasteiger partial charge in [0.2, 0.25) is 5.91 Å². The maximum Gasteiger partial charge on any atom is 0.336 e. The smallest absolute Gasteiger partial charge is 0.336 e. The number of hydrogen-bond acceptors (Lipinski definition) is 13. The molecule has 0 radical (unpaired) electrons. The number of benzene rings is 1. The van der Waals surface area contributed by atoms with Crippen molar-refractivity contribution in [1.82, 2.24) is 25.2 Å². The number of rotatable bonds is 23. The van der Waals surface area contributed by atoms with E-state index in [1.807, 2.05) is 48.6 Å². The number of aromatic hydroxyl groups is 1. The first-order valence-electron chi connectivity index (χ1n) is 22.2. The number of phenolic OH excluding ortho intramolecular Hbond substituents is 1. The predicted octanol–water partition coefficient (Wildman–Crippen LogP) is 6.58. The van der Waals surface area contributed by atoms with Gasteiger partial charge in [0.1, 0.15) is 11.4 Å². The first kappa shape index (κ1) is 50.0. The minimum atomic E-state index is -0.809. The van der Waals surface area contributed by atoms with Crippen LogP contribution in [0.25, 0.3) is 0 Å². The fourth-order valence-corrected chi connectivity index (χ4v) is 9.05. The number of ether oxygens (including phenoxy) is 1. The minimum Gasteiger partial charge on any atom is -0.508 e. The second-order valence-corrected chi connectivity index (χ2v) is 18.4. The first-order chi connectivity index (χ1) is 29.4. The van der Waals surface area contributed by atoms with Gasteiger partial charge in [-0.15, -0.1) is 16.4 Å². The van der Waals surface area contributed by atoms with Crippen molar-refractivity contribution in [3.8, 4) is 5.75 Å². The van der Waals surface area contributed by atoms with E-state index >= 15 is 0 Å². The van der Waals surface area contributed by atoms with Crippen LogP contribution in [0.2, 0.25) is 0 Å². The molecule has 2 aliphatic rings. The van der Waals surface area contributed by atoms with Crippen LogP contribution in [0.3, 0.4) is 0 Å². The molecule has 4 rings (SSSR count). The highest BCUT2D eigenvalue weighted by molar-refractivity contribution is 7.09. The number of carbonyl (C=O) groups excluding carboxylic acids is 7. The summed E-state index contributed by atoms with van der Waals surface area (Å²) >= 11 is 1.31. The van der Waals surface area contributed by atoms with Crippen LogP contribution in [-0.4, -0.2) is 105 Å². The van der Waals surface area contributed by atoms with Gasteiger partial charge in [-0.3, -0.25) is 33.7 Å². The summed E-state index contributed by atoms with van der Waals surface area (Å²) in [4.78, 5) is 106. The third kappa shape index (κ3) is 13.9. The van der Waals surface area contributed by atoms with Crippen LogP contribution in [0.5, 0.6) is 5.75 Å². The molecule has 7 atom stereocenters. The summed E-state index contributed by atoms with van der Waals surface area (Å²) in [6.07, 6.45) is 5.19. The Bertz CT molecular complexity index is 1850. The fourth-order valence-electron chi connectivity index (χ4n) is 8.18. The Hall–Kier alpha value is -4.70. The molecule has 0 saturated carbocycles. The molecule has 1 aromatic heterocycles. The number of nitrogens with one attached hydrogen (secondary N) is 1. The number of Topliss-reactive ketones (excluding diaryl/α,β-unsaturated/α-hetero) is 1. The molecule has 0 aliphatic carbocycles. The molecule has 3 heterocycles. The summed E-state index contributed by atoms with van der Waals surface area (Å²) in [5.41, 5.74) is 0.952. The Morgan fingerprint density at radius 1 is 0.984 bits per heavy atom. The molecule has 2 N–H and O–H groups in total. The van der Waals surface area contributed by atoms with Crippen molar-refractivity contribution in [3.63, 3.8) is 0 Å². The Kier molecular flexibility index (Phi) is 19.1. The summed E-state index contributed by atoms with van der Waals surface area (Å²) in [7, 11) is 1.96. The number of aromatic nitrogens is 1. The van der Waals surface area contributed by atoms with Crippen LogP contribution < -0.4 is 5.32 Å². The SMILES string of the molecule is CCCC(=O)OCN(C(=O)[C@H](CC(=O)[C@@H]1CCCCN1C)C(C)CC)[C@@H](C[C@H](C)c1nc(C(=O)N[C@H](Cc2ccc(O)cc2)C[C@@H](C)C(=O)ON2C(=O)CCC2=O)cs1)C(C)C. The molecule has 62 heavy (non-hydrogen) atoms. The summed E-state index contributed by atoms with van der Waals surface area (Å²) in [6.45, 7) is 14.1. The number of hydrogen-bond donors (Lipinski definition) is 2. The van der Waals surface area contributed by atoms with Gasteiger partial charge in [-0.25, -0.2) is 9.78 Å². The van der Waals surface area contributed by atoms with Gasteiger partial charge in [0.15, 0.2) is 12.5 Å². The molecular formula is C46H67N5O10S. The topological polar surface area (TPSA) is 193 Å². The van der Waals surface area contributed by atoms with Crippen LogP contribution in [0, 0.1) is 23.7 Å². The molecule has 2 aliphatic heterocycles. The van der Waals surface area contributed by atoms with Crippen molar-refractivity contribution in [2.75, 3.05) is 20.3 Å². The predicted molar refractivity (Wildman–Crippen MR) is 233 cm³/mol. The van der Waals surface area contributed by atoms with E-state index in [1.54, 1.807) is 29.3 Å². The van der Waals surface area contributed by atoms with Gasteiger partial charge in [0, 0.05) is 55.0 Å². The van der Waals surface area contributed by atoms with Gasteiger partial charge in [-0.2, -0.15) is 0 Å². The van der Waals surface area contributed by atoms with E-state index < -0.39 is 53.6 Å². The zero-order valence-corrected chi connectivity index (χ0v) is 38.5. The third-order valence-corrected chi connectivity index (χ3v) is 13.3. The van der Waals surface area contributed by atoms with Gasteiger partial charge < -0.3 is 24.9 Å². The van der Waals surface area contributed by atoms with Gasteiger partial charge >= 0.3 is 11.9 Å². The molecular weight excluding hydrogens is 815 g/mol. The van der Waals surface area contributed by atoms with Crippen LogP contribution >= 0.6 is 11.3 Å². The van der Waals surface area contributed by atoms with Crippen LogP contribution in [0.4, 0.5) is 0 Å². The van der Waals surface area contributed by atoms with Crippen molar-refractivity contribution < 1.29 is 48.2 Å². The Morgan fingerprint density at radius 3 is 2.27 bits per heavy atom. The summed E-state index contributed by atoms with van der Waals surface area (Å²) in [5.74, 6) is -4.69. The lowest BCUT2D eigenvalue weighted by Crippen LogP contribution is -2.50. The molecule has 1 aromatic carbocycles. The average Bonchev–Trinajstić information content (AvgIpc) is 3.86. The van der Waals surface area contributed by atoms with Gasteiger partial charge in [0.05, 0.1) is 17.0 Å². The number of likely N-dealkylation sites (tertiary alicyclic amines) is 1. The van der Waals surface area contributed by atoms with Crippen molar-refractivity contribution in [3.05, 3.63) is 45.9 Å². The molecule has 15 nitrogen and oxygen atoms in total. The monoisotopic (exact) mass is 881 g/mol. The molecule has 0 bridgehead atoms. The molecule has 2 aromatic rings. The minimum absolute atomic E-state index is 0.0311. The number of carbonyl (C=O) groups is 7. The Morgan fingerprint density at radius 2 is 1.66 bits per heavy atom. The van der Waals surface area contributed by atoms with E-state index in [-0.39, 0.29) is 85.8 Å². The van der Waals surface area contributed by atoms with Gasteiger partial charge in [0.25, 0.3) is 17.7 Å². The van der Waals surface area contributed by atoms with E-state index in [2.05, 4.69) is 10.2 Å². The van der Waals surface area contributed by atoms with Gasteiger partial charge in [-0.1, -0.05) is 73.4 Å². The van der Waals surface area contributed by atoms with E-state index in [0.717, 1.165) is 31.4 Å². The van der Waals surface area contributed by atoms with Crippen molar-refractivity contribution in [1.29, 1.82) is 0 Å². The van der Waals surface area contributed by atoms with Crippen LogP contribution in [0.1, 0.15) is 146 Å². The normalized spacial score (nSPS) is 18.7. The highest BCUT2D eigenvalue weighted by Gasteiger charge is 2.39. The molecule has 0 spiro atoms. The number of piperidine rings is 1. The van der Waals surface area contributed by atoms with E-state index in [4.69, 9.17) is 14.6 Å². The summed E-state index contributed by atoms with van der Waals surface area (Å²) in [5, 5.41) is 15.7. The zero-order chi connectivity index (χ0) is 45.7. The number of hydroxylamine groups is 2. The maximum absolute atomic E-state index is 14.8. The number of nitrogens with zero attached hydrogens (tertiary/aromatic N) is 4. The fraction of sp³-hybridized carbons (Fsp3) is 0.652. The van der Waals surface area contributed by atoms with E-state index in [0.29, 0.717) is 35.8 Å². The Labute approximate surface area is 370 Å². The molecule has 1 unspecified atom stereocenters. The number of imide groups is 1. The molecule has 4 amide bonds. The lowest BCUT2D eigenvalue weighted by atomic mass is 9.82. The molecule has 16 heteroatoms. The molecule has 342 valence electrons. The first-order valence-corrected chi connectivity index (χ1v) is 23.1. The van der Waals surface area contributed by atoms with Crippen LogP contribution in [0.15, 0.2) is 29.6 Å². The second-order valence-electron chi connectivity index (χ2n) is 17.5.